The average molecular weight is 254 g/mol. The van der Waals surface area contributed by atoms with E-state index in [1.165, 1.54) is 17.8 Å². The van der Waals surface area contributed by atoms with Gasteiger partial charge in [-0.3, -0.25) is 9.69 Å². The molecular weight excluding hydrogens is 239 g/mol. The van der Waals surface area contributed by atoms with Gasteiger partial charge >= 0.3 is 0 Å². The number of hydrogen-bond donors (Lipinski definition) is 1. The lowest BCUT2D eigenvalue weighted by Gasteiger charge is -2.26. The maximum atomic E-state index is 13.3. The second kappa shape index (κ2) is 6.02. The Labute approximate surface area is 104 Å². The summed E-state index contributed by atoms with van der Waals surface area (Å²) >= 11 is 1.49. The molecule has 1 N–H and O–H groups in total. The SMILES string of the molecule is O=C1CN(CCSc2ccccc2F)CCN1. The summed E-state index contributed by atoms with van der Waals surface area (Å²) in [4.78, 5) is 13.9. The molecule has 0 aliphatic carbocycles. The van der Waals surface area contributed by atoms with E-state index in [0.29, 0.717) is 18.0 Å². The van der Waals surface area contributed by atoms with Crippen molar-refractivity contribution >= 4 is 17.7 Å². The van der Waals surface area contributed by atoms with E-state index in [0.717, 1.165) is 18.8 Å². The first kappa shape index (κ1) is 12.4. The van der Waals surface area contributed by atoms with E-state index in [2.05, 4.69) is 10.2 Å². The average Bonchev–Trinajstić information content (AvgIpc) is 2.32. The number of hydrogen-bond acceptors (Lipinski definition) is 3. The van der Waals surface area contributed by atoms with Gasteiger partial charge in [0.15, 0.2) is 0 Å². The first-order valence-corrected chi connectivity index (χ1v) is 6.60. The third kappa shape index (κ3) is 3.71. The topological polar surface area (TPSA) is 32.3 Å². The molecule has 1 aliphatic heterocycles. The number of nitrogens with zero attached hydrogens (tertiary/aromatic N) is 1. The fraction of sp³-hybridized carbons (Fsp3) is 0.417. The van der Waals surface area contributed by atoms with Crippen molar-refractivity contribution in [2.24, 2.45) is 0 Å². The molecule has 1 aromatic rings. The molecule has 0 spiro atoms. The summed E-state index contributed by atoms with van der Waals surface area (Å²) in [5.41, 5.74) is 0. The highest BCUT2D eigenvalue weighted by Crippen LogP contribution is 2.20. The van der Waals surface area contributed by atoms with Crippen LogP contribution in [-0.2, 0) is 4.79 Å². The van der Waals surface area contributed by atoms with Crippen molar-refractivity contribution in [3.8, 4) is 0 Å². The zero-order chi connectivity index (χ0) is 12.1. The Kier molecular flexibility index (Phi) is 4.39. The zero-order valence-corrected chi connectivity index (χ0v) is 10.3. The highest BCUT2D eigenvalue weighted by atomic mass is 32.2. The maximum Gasteiger partial charge on any atom is 0.234 e. The van der Waals surface area contributed by atoms with E-state index in [4.69, 9.17) is 0 Å². The Balaban J connectivity index is 1.76. The van der Waals surface area contributed by atoms with Gasteiger partial charge in [0.1, 0.15) is 5.82 Å². The van der Waals surface area contributed by atoms with Crippen molar-refractivity contribution in [2.45, 2.75) is 4.90 Å². The number of thioether (sulfide) groups is 1. The predicted octanol–water partition coefficient (Wildman–Crippen LogP) is 1.35. The molecule has 1 aromatic carbocycles. The molecule has 0 bridgehead atoms. The second-order valence-electron chi connectivity index (χ2n) is 3.90. The first-order chi connectivity index (χ1) is 8.25. The lowest BCUT2D eigenvalue weighted by atomic mass is 10.3. The summed E-state index contributed by atoms with van der Waals surface area (Å²) in [5, 5.41) is 2.78. The van der Waals surface area contributed by atoms with Gasteiger partial charge in [0, 0.05) is 30.3 Å². The monoisotopic (exact) mass is 254 g/mol. The number of carbonyl (C=O) groups excluding carboxylic acids is 1. The number of rotatable bonds is 4. The highest BCUT2D eigenvalue weighted by molar-refractivity contribution is 7.99. The molecule has 0 unspecified atom stereocenters. The van der Waals surface area contributed by atoms with Crippen LogP contribution in [0, 0.1) is 5.82 Å². The van der Waals surface area contributed by atoms with Crippen LogP contribution >= 0.6 is 11.8 Å². The van der Waals surface area contributed by atoms with Crippen LogP contribution in [0.5, 0.6) is 0 Å². The molecule has 92 valence electrons. The minimum absolute atomic E-state index is 0.0761. The van der Waals surface area contributed by atoms with Crippen LogP contribution in [0.1, 0.15) is 0 Å². The molecule has 0 atom stereocenters. The van der Waals surface area contributed by atoms with Crippen LogP contribution in [0.25, 0.3) is 0 Å². The molecule has 0 saturated carbocycles. The van der Waals surface area contributed by atoms with E-state index in [1.54, 1.807) is 12.1 Å². The fourth-order valence-electron chi connectivity index (χ4n) is 1.73. The molecule has 1 amide bonds. The molecule has 1 saturated heterocycles. The van der Waals surface area contributed by atoms with Crippen molar-refractivity contribution in [1.82, 2.24) is 10.2 Å². The normalized spacial score (nSPS) is 16.9. The third-order valence-corrected chi connectivity index (χ3v) is 3.65. The quantitative estimate of drug-likeness (QED) is 0.823. The van der Waals surface area contributed by atoms with E-state index >= 15 is 0 Å². The largest absolute Gasteiger partial charge is 0.354 e. The van der Waals surface area contributed by atoms with Crippen LogP contribution in [0.2, 0.25) is 0 Å². The van der Waals surface area contributed by atoms with Gasteiger partial charge in [-0.15, -0.1) is 11.8 Å². The first-order valence-electron chi connectivity index (χ1n) is 5.62. The van der Waals surface area contributed by atoms with Crippen LogP contribution in [0.3, 0.4) is 0 Å². The number of amides is 1. The van der Waals surface area contributed by atoms with Gasteiger partial charge in [-0.1, -0.05) is 12.1 Å². The Morgan fingerprint density at radius 1 is 1.41 bits per heavy atom. The molecule has 3 nitrogen and oxygen atoms in total. The summed E-state index contributed by atoms with van der Waals surface area (Å²) in [5.74, 6) is 0.704. The number of benzene rings is 1. The van der Waals surface area contributed by atoms with E-state index < -0.39 is 0 Å². The lowest BCUT2D eigenvalue weighted by molar-refractivity contribution is -0.123. The second-order valence-corrected chi connectivity index (χ2v) is 5.04. The maximum absolute atomic E-state index is 13.3. The van der Waals surface area contributed by atoms with Gasteiger partial charge in [-0.2, -0.15) is 0 Å². The van der Waals surface area contributed by atoms with Gasteiger partial charge in [-0.05, 0) is 12.1 Å². The fourth-order valence-corrected chi connectivity index (χ4v) is 2.68. The summed E-state index contributed by atoms with van der Waals surface area (Å²) in [6, 6.07) is 6.77. The van der Waals surface area contributed by atoms with Gasteiger partial charge in [-0.25, -0.2) is 4.39 Å². The molecule has 2 rings (SSSR count). The van der Waals surface area contributed by atoms with E-state index in [1.807, 2.05) is 6.07 Å². The Hall–Kier alpha value is -1.07. The molecule has 1 heterocycles. The van der Waals surface area contributed by atoms with Gasteiger partial charge in [0.25, 0.3) is 0 Å². The molecule has 1 fully saturated rings. The predicted molar refractivity (Wildman–Crippen MR) is 66.6 cm³/mol. The van der Waals surface area contributed by atoms with Crippen LogP contribution in [-0.4, -0.2) is 42.7 Å². The number of halogens is 1. The van der Waals surface area contributed by atoms with E-state index in [-0.39, 0.29) is 11.7 Å². The number of nitrogens with one attached hydrogen (secondary N) is 1. The van der Waals surface area contributed by atoms with Crippen molar-refractivity contribution in [1.29, 1.82) is 0 Å². The van der Waals surface area contributed by atoms with Crippen LogP contribution in [0.15, 0.2) is 29.2 Å². The smallest absolute Gasteiger partial charge is 0.234 e. The van der Waals surface area contributed by atoms with E-state index in [9.17, 15) is 9.18 Å². The molecule has 0 aromatic heterocycles. The van der Waals surface area contributed by atoms with Crippen molar-refractivity contribution in [2.75, 3.05) is 31.9 Å². The molecular formula is C12H15FN2OS. The molecule has 1 aliphatic rings. The van der Waals surface area contributed by atoms with Crippen LogP contribution in [0.4, 0.5) is 4.39 Å². The highest BCUT2D eigenvalue weighted by Gasteiger charge is 2.15. The van der Waals surface area contributed by atoms with Crippen molar-refractivity contribution < 1.29 is 9.18 Å². The Bertz CT molecular complexity index is 400. The summed E-state index contributed by atoms with van der Waals surface area (Å²) in [6.07, 6.45) is 0. The molecule has 5 heteroatoms. The third-order valence-electron chi connectivity index (χ3n) is 2.62. The van der Waals surface area contributed by atoms with Gasteiger partial charge < -0.3 is 5.32 Å². The minimum atomic E-state index is -0.172. The zero-order valence-electron chi connectivity index (χ0n) is 9.49. The summed E-state index contributed by atoms with van der Waals surface area (Å²) < 4.78 is 13.3. The lowest BCUT2D eigenvalue weighted by Crippen LogP contribution is -2.48. The number of piperazine rings is 1. The van der Waals surface area contributed by atoms with Gasteiger partial charge in [0.05, 0.1) is 6.54 Å². The molecule has 17 heavy (non-hydrogen) atoms. The number of carbonyl (C=O) groups is 1. The van der Waals surface area contributed by atoms with Crippen molar-refractivity contribution in [3.05, 3.63) is 30.1 Å². The molecule has 0 radical (unpaired) electrons. The Morgan fingerprint density at radius 2 is 2.24 bits per heavy atom. The summed E-state index contributed by atoms with van der Waals surface area (Å²) in [7, 11) is 0. The van der Waals surface area contributed by atoms with Crippen molar-refractivity contribution in [3.63, 3.8) is 0 Å². The Morgan fingerprint density at radius 3 is 3.00 bits per heavy atom. The minimum Gasteiger partial charge on any atom is -0.354 e. The van der Waals surface area contributed by atoms with Gasteiger partial charge in [0.2, 0.25) is 5.91 Å². The summed E-state index contributed by atoms with van der Waals surface area (Å²) in [6.45, 7) is 2.86. The standard InChI is InChI=1S/C12H15FN2OS/c13-10-3-1-2-4-11(10)17-8-7-15-6-5-14-12(16)9-15/h1-4H,5-9H2,(H,14,16). The van der Waals surface area contributed by atoms with Crippen LogP contribution < -0.4 is 5.32 Å².